The van der Waals surface area contributed by atoms with E-state index < -0.39 is 23.3 Å². The number of rotatable bonds is 4. The molecule has 106 valence electrons. The monoisotopic (exact) mass is 295 g/mol. The molecule has 0 aromatic rings. The summed E-state index contributed by atoms with van der Waals surface area (Å²) < 4.78 is 4.68. The number of ether oxygens (including phenoxy) is 1. The number of Topliss-reactive ketones (excluding diaryl/α,β-unsaturated/α-hetero) is 1. The van der Waals surface area contributed by atoms with Crippen LogP contribution in [-0.4, -0.2) is 35.4 Å². The highest BCUT2D eigenvalue weighted by Gasteiger charge is 2.56. The first-order valence-electron chi connectivity index (χ1n) is 6.08. The fourth-order valence-corrected chi connectivity index (χ4v) is 2.56. The van der Waals surface area contributed by atoms with Gasteiger partial charge in [0.05, 0.1) is 13.2 Å². The van der Waals surface area contributed by atoms with Gasteiger partial charge >= 0.3 is 5.97 Å². The Labute approximate surface area is 120 Å². The van der Waals surface area contributed by atoms with Crippen molar-refractivity contribution in [3.8, 4) is 6.07 Å². The smallest absolute Gasteiger partial charge is 0.333 e. The first-order valence-corrected chi connectivity index (χ1v) is 6.49. The zero-order valence-corrected chi connectivity index (χ0v) is 11.6. The van der Waals surface area contributed by atoms with Crippen molar-refractivity contribution in [3.05, 3.63) is 0 Å². The molecule has 0 aromatic carbocycles. The number of esters is 1. The molecule has 2 rings (SSSR count). The van der Waals surface area contributed by atoms with Gasteiger partial charge in [0.25, 0.3) is 0 Å². The molecule has 20 heavy (non-hydrogen) atoms. The number of nitrogens with one attached hydrogen (secondary N) is 2. The molecule has 0 unspecified atom stereocenters. The van der Waals surface area contributed by atoms with E-state index in [4.69, 9.17) is 12.2 Å². The first-order chi connectivity index (χ1) is 9.44. The van der Waals surface area contributed by atoms with Gasteiger partial charge in [-0.1, -0.05) is 0 Å². The van der Waals surface area contributed by atoms with Crippen molar-refractivity contribution in [1.82, 2.24) is 10.6 Å². The molecule has 1 saturated heterocycles. The van der Waals surface area contributed by atoms with Crippen LogP contribution in [-0.2, 0) is 19.1 Å². The van der Waals surface area contributed by atoms with Crippen molar-refractivity contribution in [1.29, 1.82) is 5.26 Å². The summed E-state index contributed by atoms with van der Waals surface area (Å²) in [6.07, 6.45) is 1.25. The molecule has 1 aliphatic heterocycles. The molecule has 1 saturated carbocycles. The second-order valence-electron chi connectivity index (χ2n) is 4.89. The summed E-state index contributed by atoms with van der Waals surface area (Å²) >= 11 is 4.86. The van der Waals surface area contributed by atoms with E-state index in [0.29, 0.717) is 0 Å². The second-order valence-corrected chi connectivity index (χ2v) is 5.29. The van der Waals surface area contributed by atoms with Crippen molar-refractivity contribution in [2.45, 2.75) is 24.8 Å². The average molecular weight is 295 g/mol. The minimum absolute atomic E-state index is 0.0875. The predicted octanol–water partition coefficient (Wildman–Crippen LogP) is -0.589. The standard InChI is InChI=1S/C12H13N3O4S/c1-19-10(18)12(4-8(16)6-2-3-6)7(5-13)9(17)14-11(20)15-12/h6-7H,2-4H2,1H3,(H2,14,15,17,20)/t7-,12+/m0/s1. The topological polar surface area (TPSA) is 108 Å². The fraction of sp³-hybridized carbons (Fsp3) is 0.583. The van der Waals surface area contributed by atoms with Gasteiger partial charge in [-0.05, 0) is 25.1 Å². The molecule has 1 aliphatic carbocycles. The van der Waals surface area contributed by atoms with Gasteiger partial charge in [0.2, 0.25) is 5.91 Å². The summed E-state index contributed by atoms with van der Waals surface area (Å²) in [7, 11) is 1.14. The maximum atomic E-state index is 12.1. The lowest BCUT2D eigenvalue weighted by Crippen LogP contribution is -2.70. The van der Waals surface area contributed by atoms with Crippen LogP contribution in [0, 0.1) is 23.2 Å². The molecule has 1 amide bonds. The van der Waals surface area contributed by atoms with E-state index >= 15 is 0 Å². The molecule has 2 atom stereocenters. The third kappa shape index (κ3) is 2.36. The third-order valence-electron chi connectivity index (χ3n) is 3.49. The van der Waals surface area contributed by atoms with Crippen LogP contribution in [0.25, 0.3) is 0 Å². The molecule has 0 bridgehead atoms. The van der Waals surface area contributed by atoms with Gasteiger partial charge in [-0.25, -0.2) is 4.79 Å². The third-order valence-corrected chi connectivity index (χ3v) is 3.70. The van der Waals surface area contributed by atoms with Crippen molar-refractivity contribution >= 4 is 35.0 Å². The van der Waals surface area contributed by atoms with Gasteiger partial charge in [0.1, 0.15) is 5.78 Å². The van der Waals surface area contributed by atoms with E-state index in [1.807, 2.05) is 0 Å². The van der Waals surface area contributed by atoms with Crippen LogP contribution in [0.3, 0.4) is 0 Å². The highest BCUT2D eigenvalue weighted by Crippen LogP contribution is 2.35. The van der Waals surface area contributed by atoms with Crippen LogP contribution in [0.5, 0.6) is 0 Å². The molecule has 2 fully saturated rings. The van der Waals surface area contributed by atoms with Gasteiger partial charge in [-0.2, -0.15) is 5.26 Å². The SMILES string of the molecule is COC(=O)[C@]1(CC(=O)C2CC2)NC(=S)NC(=O)[C@@H]1C#N. The number of carbonyl (C=O) groups is 3. The summed E-state index contributed by atoms with van der Waals surface area (Å²) in [5.74, 6) is -3.18. The van der Waals surface area contributed by atoms with E-state index in [1.54, 1.807) is 6.07 Å². The van der Waals surface area contributed by atoms with Gasteiger partial charge in [0, 0.05) is 12.3 Å². The van der Waals surface area contributed by atoms with Crippen molar-refractivity contribution in [3.63, 3.8) is 0 Å². The van der Waals surface area contributed by atoms with E-state index in [-0.39, 0.29) is 23.2 Å². The highest BCUT2D eigenvalue weighted by molar-refractivity contribution is 7.80. The van der Waals surface area contributed by atoms with E-state index in [2.05, 4.69) is 15.4 Å². The fourth-order valence-electron chi connectivity index (χ4n) is 2.28. The number of thiocarbonyl (C=S) groups is 1. The number of hydrogen-bond donors (Lipinski definition) is 2. The Bertz CT molecular complexity index is 537. The minimum Gasteiger partial charge on any atom is -0.467 e. The van der Waals surface area contributed by atoms with Crippen LogP contribution in [0.2, 0.25) is 0 Å². The van der Waals surface area contributed by atoms with Gasteiger partial charge in [0.15, 0.2) is 16.6 Å². The minimum atomic E-state index is -1.73. The molecule has 1 heterocycles. The van der Waals surface area contributed by atoms with Crippen LogP contribution in [0.4, 0.5) is 0 Å². The summed E-state index contributed by atoms with van der Waals surface area (Å²) in [6, 6.07) is 1.76. The summed E-state index contributed by atoms with van der Waals surface area (Å²) in [6.45, 7) is 0. The number of methoxy groups -OCH3 is 1. The van der Waals surface area contributed by atoms with Crippen molar-refractivity contribution in [2.75, 3.05) is 7.11 Å². The van der Waals surface area contributed by atoms with Gasteiger partial charge in [-0.3, -0.25) is 9.59 Å². The Kier molecular flexibility index (Phi) is 3.72. The Morgan fingerprint density at radius 2 is 2.20 bits per heavy atom. The second kappa shape index (κ2) is 5.17. The number of nitriles is 1. The van der Waals surface area contributed by atoms with E-state index in [9.17, 15) is 19.6 Å². The molecule has 0 radical (unpaired) electrons. The zero-order valence-electron chi connectivity index (χ0n) is 10.8. The molecule has 0 aromatic heterocycles. The van der Waals surface area contributed by atoms with Crippen LogP contribution in [0.15, 0.2) is 0 Å². The van der Waals surface area contributed by atoms with Crippen LogP contribution in [0.1, 0.15) is 19.3 Å². The summed E-state index contributed by atoms with van der Waals surface area (Å²) in [5.41, 5.74) is -1.73. The van der Waals surface area contributed by atoms with Crippen LogP contribution < -0.4 is 10.6 Å². The average Bonchev–Trinajstić information content (AvgIpc) is 3.21. The van der Waals surface area contributed by atoms with Crippen LogP contribution >= 0.6 is 12.2 Å². The van der Waals surface area contributed by atoms with Gasteiger partial charge in [-0.15, -0.1) is 0 Å². The maximum Gasteiger partial charge on any atom is 0.333 e. The number of amides is 1. The number of nitrogens with zero attached hydrogens (tertiary/aromatic N) is 1. The molecular weight excluding hydrogens is 282 g/mol. The molecule has 2 aliphatic rings. The molecule has 2 N–H and O–H groups in total. The lowest BCUT2D eigenvalue weighted by atomic mass is 9.78. The highest BCUT2D eigenvalue weighted by atomic mass is 32.1. The predicted molar refractivity (Wildman–Crippen MR) is 70.1 cm³/mol. The maximum absolute atomic E-state index is 12.1. The van der Waals surface area contributed by atoms with E-state index in [1.165, 1.54) is 0 Å². The summed E-state index contributed by atoms with van der Waals surface area (Å²) in [4.78, 5) is 36.0. The largest absolute Gasteiger partial charge is 0.467 e. The molecular formula is C12H13N3O4S. The number of ketones is 1. The molecule has 8 heteroatoms. The number of hydrogen-bond acceptors (Lipinski definition) is 6. The van der Waals surface area contributed by atoms with E-state index in [0.717, 1.165) is 20.0 Å². The Hall–Kier alpha value is -2.01. The quantitative estimate of drug-likeness (QED) is 0.527. The Morgan fingerprint density at radius 1 is 1.55 bits per heavy atom. The van der Waals surface area contributed by atoms with Gasteiger partial charge < -0.3 is 15.4 Å². The normalized spacial score (nSPS) is 28.9. The molecule has 7 nitrogen and oxygen atoms in total. The molecule has 0 spiro atoms. The van der Waals surface area contributed by atoms with Crippen molar-refractivity contribution < 1.29 is 19.1 Å². The lowest BCUT2D eigenvalue weighted by Gasteiger charge is -2.38. The van der Waals surface area contributed by atoms with Crippen molar-refractivity contribution in [2.24, 2.45) is 11.8 Å². The Morgan fingerprint density at radius 3 is 2.70 bits per heavy atom. The Balaban J connectivity index is 2.39. The zero-order chi connectivity index (χ0) is 14.9. The first kappa shape index (κ1) is 14.4. The summed E-state index contributed by atoms with van der Waals surface area (Å²) in [5, 5.41) is 14.0. The lowest BCUT2D eigenvalue weighted by molar-refractivity contribution is -0.154. The number of carbonyl (C=O) groups excluding carboxylic acids is 3.